The first-order valence-electron chi connectivity index (χ1n) is 7.43. The molecule has 5 heteroatoms. The van der Waals surface area contributed by atoms with Gasteiger partial charge in [-0.05, 0) is 42.5 Å². The molecule has 0 saturated heterocycles. The molecular weight excluding hydrogens is 370 g/mol. The lowest BCUT2D eigenvalue weighted by molar-refractivity contribution is -0.125. The summed E-state index contributed by atoms with van der Waals surface area (Å²) < 4.78 is 12.0. The summed E-state index contributed by atoms with van der Waals surface area (Å²) in [7, 11) is 1.73. The van der Waals surface area contributed by atoms with Crippen LogP contribution in [0.25, 0.3) is 17.4 Å². The molecule has 0 atom stereocenters. The van der Waals surface area contributed by atoms with Gasteiger partial charge in [-0.3, -0.25) is 4.79 Å². The lowest BCUT2D eigenvalue weighted by Crippen LogP contribution is -2.23. The third-order valence-corrected chi connectivity index (χ3v) is 4.02. The van der Waals surface area contributed by atoms with Crippen LogP contribution in [-0.2, 0) is 11.3 Å². The predicted octanol–water partition coefficient (Wildman–Crippen LogP) is 4.97. The summed E-state index contributed by atoms with van der Waals surface area (Å²) in [5, 5.41) is 0. The van der Waals surface area contributed by atoms with Gasteiger partial charge in [0.05, 0.1) is 12.8 Å². The van der Waals surface area contributed by atoms with Crippen molar-refractivity contribution < 1.29 is 13.6 Å². The van der Waals surface area contributed by atoms with Gasteiger partial charge in [0, 0.05) is 23.2 Å². The van der Waals surface area contributed by atoms with Gasteiger partial charge in [0.2, 0.25) is 5.91 Å². The number of nitrogens with zero attached hydrogens (tertiary/aromatic N) is 1. The molecule has 0 N–H and O–H groups in total. The van der Waals surface area contributed by atoms with Crippen molar-refractivity contribution in [2.75, 3.05) is 7.05 Å². The van der Waals surface area contributed by atoms with Gasteiger partial charge < -0.3 is 13.7 Å². The number of rotatable bonds is 5. The van der Waals surface area contributed by atoms with Crippen molar-refractivity contribution in [3.8, 4) is 11.3 Å². The largest absolute Gasteiger partial charge is 0.465 e. The van der Waals surface area contributed by atoms with Crippen molar-refractivity contribution in [1.82, 2.24) is 4.90 Å². The Hall–Kier alpha value is -2.53. The van der Waals surface area contributed by atoms with Crippen LogP contribution in [0.3, 0.4) is 0 Å². The van der Waals surface area contributed by atoms with E-state index in [2.05, 4.69) is 15.9 Å². The number of carbonyl (C=O) groups excluding carboxylic acids is 1. The van der Waals surface area contributed by atoms with Gasteiger partial charge in [0.15, 0.2) is 0 Å². The molecule has 0 unspecified atom stereocenters. The summed E-state index contributed by atoms with van der Waals surface area (Å²) in [4.78, 5) is 13.7. The van der Waals surface area contributed by atoms with Gasteiger partial charge in [0.25, 0.3) is 0 Å². The summed E-state index contributed by atoms with van der Waals surface area (Å²) in [6, 6.07) is 15.3. The second kappa shape index (κ2) is 7.36. The third kappa shape index (κ3) is 4.06. The SMILES string of the molecule is CN(Cc1ccc(-c2ccc(Br)cc2)o1)C(=O)/C=C/c1ccco1. The number of carbonyl (C=O) groups is 1. The molecule has 0 bridgehead atoms. The van der Waals surface area contributed by atoms with Crippen LogP contribution in [0.4, 0.5) is 0 Å². The minimum atomic E-state index is -0.118. The van der Waals surface area contributed by atoms with E-state index >= 15 is 0 Å². The Kier molecular flexibility index (Phi) is 5.01. The lowest BCUT2D eigenvalue weighted by atomic mass is 10.2. The summed E-state index contributed by atoms with van der Waals surface area (Å²) in [5.74, 6) is 2.04. The Morgan fingerprint density at radius 2 is 1.96 bits per heavy atom. The van der Waals surface area contributed by atoms with Crippen LogP contribution in [0.1, 0.15) is 11.5 Å². The molecule has 122 valence electrons. The number of furan rings is 2. The third-order valence-electron chi connectivity index (χ3n) is 3.49. The Balaban J connectivity index is 1.63. The van der Waals surface area contributed by atoms with Gasteiger partial charge in [-0.2, -0.15) is 0 Å². The maximum atomic E-state index is 12.1. The standard InChI is InChI=1S/C19H16BrNO3/c1-21(19(22)11-9-16-3-2-12-23-16)13-17-8-10-18(24-17)14-4-6-15(20)7-5-14/h2-12H,13H2,1H3/b11-9+. The monoisotopic (exact) mass is 385 g/mol. The van der Waals surface area contributed by atoms with Crippen molar-refractivity contribution >= 4 is 27.9 Å². The van der Waals surface area contributed by atoms with E-state index < -0.39 is 0 Å². The van der Waals surface area contributed by atoms with Crippen molar-refractivity contribution in [2.45, 2.75) is 6.54 Å². The Bertz CT molecular complexity index is 832. The number of hydrogen-bond donors (Lipinski definition) is 0. The van der Waals surface area contributed by atoms with Crippen LogP contribution < -0.4 is 0 Å². The van der Waals surface area contributed by atoms with E-state index in [1.54, 1.807) is 36.4 Å². The average Bonchev–Trinajstić information content (AvgIpc) is 3.25. The number of hydrogen-bond acceptors (Lipinski definition) is 3. The highest BCUT2D eigenvalue weighted by atomic mass is 79.9. The predicted molar refractivity (Wildman–Crippen MR) is 96.1 cm³/mol. The molecule has 4 nitrogen and oxygen atoms in total. The van der Waals surface area contributed by atoms with Gasteiger partial charge in [-0.1, -0.05) is 28.1 Å². The number of benzene rings is 1. The first-order chi connectivity index (χ1) is 11.6. The van der Waals surface area contributed by atoms with E-state index in [0.29, 0.717) is 12.3 Å². The molecule has 24 heavy (non-hydrogen) atoms. The molecule has 0 fully saturated rings. The minimum Gasteiger partial charge on any atom is -0.465 e. The second-order valence-electron chi connectivity index (χ2n) is 5.32. The summed E-state index contributed by atoms with van der Waals surface area (Å²) >= 11 is 3.41. The van der Waals surface area contributed by atoms with Gasteiger partial charge in [0.1, 0.15) is 17.3 Å². The van der Waals surface area contributed by atoms with Crippen molar-refractivity contribution in [3.05, 3.63) is 76.9 Å². The highest BCUT2D eigenvalue weighted by Crippen LogP contribution is 2.24. The maximum Gasteiger partial charge on any atom is 0.246 e. The van der Waals surface area contributed by atoms with Gasteiger partial charge >= 0.3 is 0 Å². The van der Waals surface area contributed by atoms with Crippen LogP contribution in [0.5, 0.6) is 0 Å². The Morgan fingerprint density at radius 1 is 1.17 bits per heavy atom. The molecule has 3 aromatic rings. The van der Waals surface area contributed by atoms with E-state index in [4.69, 9.17) is 8.83 Å². The molecule has 1 amide bonds. The fourth-order valence-corrected chi connectivity index (χ4v) is 2.47. The molecule has 0 aliphatic rings. The minimum absolute atomic E-state index is 0.118. The van der Waals surface area contributed by atoms with Crippen molar-refractivity contribution in [1.29, 1.82) is 0 Å². The second-order valence-corrected chi connectivity index (χ2v) is 6.23. The molecule has 0 saturated carbocycles. The topological polar surface area (TPSA) is 46.6 Å². The van der Waals surface area contributed by atoms with Gasteiger partial charge in [-0.15, -0.1) is 0 Å². The van der Waals surface area contributed by atoms with E-state index in [9.17, 15) is 4.79 Å². The molecule has 1 aromatic carbocycles. The summed E-state index contributed by atoms with van der Waals surface area (Å²) in [6.07, 6.45) is 4.70. The maximum absolute atomic E-state index is 12.1. The van der Waals surface area contributed by atoms with Crippen molar-refractivity contribution in [2.24, 2.45) is 0 Å². The number of amides is 1. The highest BCUT2D eigenvalue weighted by molar-refractivity contribution is 9.10. The van der Waals surface area contributed by atoms with Gasteiger partial charge in [-0.25, -0.2) is 0 Å². The fraction of sp³-hybridized carbons (Fsp3) is 0.105. The normalized spacial score (nSPS) is 11.1. The molecular formula is C19H16BrNO3. The fourth-order valence-electron chi connectivity index (χ4n) is 2.21. The molecule has 0 radical (unpaired) electrons. The zero-order chi connectivity index (χ0) is 16.9. The van der Waals surface area contributed by atoms with Crippen LogP contribution in [-0.4, -0.2) is 17.9 Å². The highest BCUT2D eigenvalue weighted by Gasteiger charge is 2.10. The zero-order valence-electron chi connectivity index (χ0n) is 13.1. The zero-order valence-corrected chi connectivity index (χ0v) is 14.7. The first kappa shape index (κ1) is 16.3. The molecule has 0 spiro atoms. The molecule has 0 aliphatic heterocycles. The smallest absolute Gasteiger partial charge is 0.246 e. The van der Waals surface area contributed by atoms with E-state index in [-0.39, 0.29) is 5.91 Å². The summed E-state index contributed by atoms with van der Waals surface area (Å²) in [6.45, 7) is 0.401. The molecule has 3 rings (SSSR count). The molecule has 0 aliphatic carbocycles. The van der Waals surface area contributed by atoms with E-state index in [1.807, 2.05) is 36.4 Å². The van der Waals surface area contributed by atoms with Crippen LogP contribution in [0, 0.1) is 0 Å². The van der Waals surface area contributed by atoms with Crippen LogP contribution in [0.2, 0.25) is 0 Å². The lowest BCUT2D eigenvalue weighted by Gasteiger charge is -2.12. The summed E-state index contributed by atoms with van der Waals surface area (Å²) in [5.41, 5.74) is 0.996. The number of likely N-dealkylation sites (N-methyl/N-ethyl adjacent to an activating group) is 1. The van der Waals surface area contributed by atoms with E-state index in [1.165, 1.54) is 6.08 Å². The van der Waals surface area contributed by atoms with E-state index in [0.717, 1.165) is 21.6 Å². The Labute approximate surface area is 148 Å². The average molecular weight is 386 g/mol. The molecule has 2 aromatic heterocycles. The first-order valence-corrected chi connectivity index (χ1v) is 8.22. The molecule has 2 heterocycles. The number of halogens is 1. The Morgan fingerprint density at radius 3 is 2.67 bits per heavy atom. The van der Waals surface area contributed by atoms with Crippen LogP contribution >= 0.6 is 15.9 Å². The van der Waals surface area contributed by atoms with Crippen LogP contribution in [0.15, 0.2) is 74.2 Å². The quantitative estimate of drug-likeness (QED) is 0.582. The van der Waals surface area contributed by atoms with Crippen molar-refractivity contribution in [3.63, 3.8) is 0 Å².